The van der Waals surface area contributed by atoms with Crippen molar-refractivity contribution >= 4 is 17.8 Å². The highest BCUT2D eigenvalue weighted by Gasteiger charge is 2.27. The third kappa shape index (κ3) is 2.52. The molecule has 1 heterocycles. The lowest BCUT2D eigenvalue weighted by molar-refractivity contribution is -0.143. The van der Waals surface area contributed by atoms with Gasteiger partial charge in [-0.3, -0.25) is 14.5 Å². The number of amides is 2. The molecule has 2 amide bonds. The standard InChI is InChI=1S/C10H11NO4/c1-3-9(13)15-5-4-11-8(12)6-7(2)10(11)14/h3,6H,1,4-5H2,2H3. The molecule has 0 saturated heterocycles. The van der Waals surface area contributed by atoms with Crippen molar-refractivity contribution in [2.75, 3.05) is 13.2 Å². The molecule has 0 fully saturated rings. The van der Waals surface area contributed by atoms with E-state index in [9.17, 15) is 14.4 Å². The van der Waals surface area contributed by atoms with Gasteiger partial charge >= 0.3 is 5.97 Å². The zero-order chi connectivity index (χ0) is 11.4. The molecule has 15 heavy (non-hydrogen) atoms. The number of imide groups is 1. The van der Waals surface area contributed by atoms with Crippen molar-refractivity contribution in [1.82, 2.24) is 4.90 Å². The summed E-state index contributed by atoms with van der Waals surface area (Å²) in [6.07, 6.45) is 2.29. The highest BCUT2D eigenvalue weighted by Crippen LogP contribution is 2.10. The molecule has 5 heteroatoms. The van der Waals surface area contributed by atoms with E-state index >= 15 is 0 Å². The first kappa shape index (κ1) is 11.2. The Labute approximate surface area is 87.0 Å². The summed E-state index contributed by atoms with van der Waals surface area (Å²) >= 11 is 0. The number of hydrogen-bond acceptors (Lipinski definition) is 4. The third-order valence-electron chi connectivity index (χ3n) is 1.91. The van der Waals surface area contributed by atoms with Crippen LogP contribution in [0.3, 0.4) is 0 Å². The SMILES string of the molecule is C=CC(=O)OCCN1C(=O)C=C(C)C1=O. The summed E-state index contributed by atoms with van der Waals surface area (Å²) in [5.74, 6) is -1.28. The Bertz CT molecular complexity index is 356. The van der Waals surface area contributed by atoms with Crippen LogP contribution in [0.2, 0.25) is 0 Å². The molecule has 0 spiro atoms. The van der Waals surface area contributed by atoms with Crippen molar-refractivity contribution in [3.8, 4) is 0 Å². The van der Waals surface area contributed by atoms with Crippen LogP contribution in [-0.2, 0) is 19.1 Å². The van der Waals surface area contributed by atoms with Crippen LogP contribution >= 0.6 is 0 Å². The average Bonchev–Trinajstić information content (AvgIpc) is 2.44. The lowest BCUT2D eigenvalue weighted by Crippen LogP contribution is -2.34. The highest BCUT2D eigenvalue weighted by atomic mass is 16.5. The summed E-state index contributed by atoms with van der Waals surface area (Å²) in [5.41, 5.74) is 0.398. The zero-order valence-corrected chi connectivity index (χ0v) is 8.36. The Balaban J connectivity index is 2.41. The second kappa shape index (κ2) is 4.54. The molecule has 0 bridgehead atoms. The normalized spacial score (nSPS) is 15.3. The van der Waals surface area contributed by atoms with Crippen molar-refractivity contribution in [3.63, 3.8) is 0 Å². The number of hydrogen-bond donors (Lipinski definition) is 0. The van der Waals surface area contributed by atoms with E-state index in [-0.39, 0.29) is 25.0 Å². The molecule has 80 valence electrons. The van der Waals surface area contributed by atoms with Gasteiger partial charge in [-0.25, -0.2) is 4.79 Å². The van der Waals surface area contributed by atoms with Crippen LogP contribution in [0.15, 0.2) is 24.3 Å². The second-order valence-electron chi connectivity index (χ2n) is 2.99. The fourth-order valence-electron chi connectivity index (χ4n) is 1.15. The largest absolute Gasteiger partial charge is 0.461 e. The number of carbonyl (C=O) groups is 3. The second-order valence-corrected chi connectivity index (χ2v) is 2.99. The summed E-state index contributed by atoms with van der Waals surface area (Å²) in [5, 5.41) is 0. The molecule has 1 rings (SSSR count). The first-order chi connectivity index (χ1) is 7.06. The predicted octanol–water partition coefficient (Wildman–Crippen LogP) is 0.0307. The maximum absolute atomic E-state index is 11.3. The van der Waals surface area contributed by atoms with E-state index in [0.29, 0.717) is 5.57 Å². The molecule has 0 unspecified atom stereocenters. The summed E-state index contributed by atoms with van der Waals surface area (Å²) in [7, 11) is 0. The molecule has 0 aromatic rings. The van der Waals surface area contributed by atoms with Gasteiger partial charge in [0.05, 0.1) is 6.54 Å². The zero-order valence-electron chi connectivity index (χ0n) is 8.36. The molecule has 1 aliphatic heterocycles. The number of rotatable bonds is 4. The molecule has 5 nitrogen and oxygen atoms in total. The van der Waals surface area contributed by atoms with Gasteiger partial charge < -0.3 is 4.74 Å². The van der Waals surface area contributed by atoms with Gasteiger partial charge in [0, 0.05) is 17.7 Å². The number of carbonyl (C=O) groups excluding carboxylic acids is 3. The van der Waals surface area contributed by atoms with Crippen LogP contribution in [0.25, 0.3) is 0 Å². The highest BCUT2D eigenvalue weighted by molar-refractivity contribution is 6.15. The van der Waals surface area contributed by atoms with Crippen molar-refractivity contribution in [3.05, 3.63) is 24.3 Å². The van der Waals surface area contributed by atoms with E-state index < -0.39 is 5.97 Å². The van der Waals surface area contributed by atoms with Crippen molar-refractivity contribution in [2.24, 2.45) is 0 Å². The van der Waals surface area contributed by atoms with Gasteiger partial charge in [0.15, 0.2) is 0 Å². The molecule has 1 aliphatic rings. The third-order valence-corrected chi connectivity index (χ3v) is 1.91. The summed E-state index contributed by atoms with van der Waals surface area (Å²) in [6.45, 7) is 4.85. The minimum absolute atomic E-state index is 0.0105. The average molecular weight is 209 g/mol. The van der Waals surface area contributed by atoms with Gasteiger partial charge in [0.2, 0.25) is 0 Å². The van der Waals surface area contributed by atoms with E-state index in [2.05, 4.69) is 11.3 Å². The minimum Gasteiger partial charge on any atom is -0.461 e. The maximum atomic E-state index is 11.3. The summed E-state index contributed by atoms with van der Waals surface area (Å²) < 4.78 is 4.66. The summed E-state index contributed by atoms with van der Waals surface area (Å²) in [6, 6.07) is 0. The van der Waals surface area contributed by atoms with Gasteiger partial charge in [0.1, 0.15) is 6.61 Å². The molecule has 0 aromatic heterocycles. The minimum atomic E-state index is -0.571. The fraction of sp³-hybridized carbons (Fsp3) is 0.300. The number of ether oxygens (including phenoxy) is 1. The Morgan fingerprint density at radius 1 is 1.60 bits per heavy atom. The quantitative estimate of drug-likeness (QED) is 0.372. The van der Waals surface area contributed by atoms with Crippen molar-refractivity contribution < 1.29 is 19.1 Å². The van der Waals surface area contributed by atoms with Crippen LogP contribution in [0.5, 0.6) is 0 Å². The topological polar surface area (TPSA) is 63.7 Å². The van der Waals surface area contributed by atoms with Gasteiger partial charge in [-0.05, 0) is 6.92 Å². The first-order valence-corrected chi connectivity index (χ1v) is 4.39. The number of nitrogens with zero attached hydrogens (tertiary/aromatic N) is 1. The molecule has 0 aromatic carbocycles. The first-order valence-electron chi connectivity index (χ1n) is 4.39. The van der Waals surface area contributed by atoms with E-state index in [1.165, 1.54) is 6.08 Å². The maximum Gasteiger partial charge on any atom is 0.330 e. The van der Waals surface area contributed by atoms with Crippen LogP contribution in [0.1, 0.15) is 6.92 Å². The van der Waals surface area contributed by atoms with E-state index in [1.807, 2.05) is 0 Å². The van der Waals surface area contributed by atoms with Crippen molar-refractivity contribution in [2.45, 2.75) is 6.92 Å². The summed E-state index contributed by atoms with van der Waals surface area (Å²) in [4.78, 5) is 34.3. The van der Waals surface area contributed by atoms with Crippen molar-refractivity contribution in [1.29, 1.82) is 0 Å². The van der Waals surface area contributed by atoms with Gasteiger partial charge in [0.25, 0.3) is 11.8 Å². The Kier molecular flexibility index (Phi) is 3.38. The van der Waals surface area contributed by atoms with E-state index in [1.54, 1.807) is 6.92 Å². The molecular formula is C10H11NO4. The lowest BCUT2D eigenvalue weighted by Gasteiger charge is -2.13. The van der Waals surface area contributed by atoms with Crippen LogP contribution in [-0.4, -0.2) is 35.8 Å². The predicted molar refractivity (Wildman–Crippen MR) is 51.6 cm³/mol. The van der Waals surface area contributed by atoms with Crippen LogP contribution in [0, 0.1) is 0 Å². The molecule has 0 radical (unpaired) electrons. The lowest BCUT2D eigenvalue weighted by atomic mass is 10.3. The smallest absolute Gasteiger partial charge is 0.330 e. The molecule has 0 N–H and O–H groups in total. The van der Waals surface area contributed by atoms with Gasteiger partial charge in [-0.15, -0.1) is 0 Å². The Morgan fingerprint density at radius 2 is 2.27 bits per heavy atom. The Morgan fingerprint density at radius 3 is 2.73 bits per heavy atom. The Hall–Kier alpha value is -1.91. The molecular weight excluding hydrogens is 198 g/mol. The van der Waals surface area contributed by atoms with Crippen LogP contribution in [0.4, 0.5) is 0 Å². The van der Waals surface area contributed by atoms with Gasteiger partial charge in [-0.2, -0.15) is 0 Å². The molecule has 0 atom stereocenters. The van der Waals surface area contributed by atoms with E-state index in [4.69, 9.17) is 0 Å². The fourth-order valence-corrected chi connectivity index (χ4v) is 1.15. The van der Waals surface area contributed by atoms with Crippen LogP contribution < -0.4 is 0 Å². The van der Waals surface area contributed by atoms with Gasteiger partial charge in [-0.1, -0.05) is 6.58 Å². The number of esters is 1. The van der Waals surface area contributed by atoms with E-state index in [0.717, 1.165) is 11.0 Å². The monoisotopic (exact) mass is 209 g/mol. The molecule has 0 saturated carbocycles. The molecule has 0 aliphatic carbocycles.